The topological polar surface area (TPSA) is 66.8 Å². The molecule has 0 radical (unpaired) electrons. The molecular formula is C7H14O4. The number of carbonyl (C=O) groups is 1. The summed E-state index contributed by atoms with van der Waals surface area (Å²) in [7, 11) is 0. The quantitative estimate of drug-likeness (QED) is 0.596. The molecular weight excluding hydrogens is 148 g/mol. The second kappa shape index (κ2) is 3.69. The van der Waals surface area contributed by atoms with Crippen molar-refractivity contribution in [1.29, 1.82) is 0 Å². The van der Waals surface area contributed by atoms with E-state index >= 15 is 0 Å². The van der Waals surface area contributed by atoms with E-state index in [-0.39, 0.29) is 6.42 Å². The molecule has 0 saturated heterocycles. The van der Waals surface area contributed by atoms with Crippen LogP contribution in [0.3, 0.4) is 0 Å². The van der Waals surface area contributed by atoms with Crippen LogP contribution in [0.25, 0.3) is 0 Å². The monoisotopic (exact) mass is 162 g/mol. The van der Waals surface area contributed by atoms with Gasteiger partial charge in [-0.2, -0.15) is 0 Å². The molecule has 0 aliphatic carbocycles. The van der Waals surface area contributed by atoms with Crippen LogP contribution < -0.4 is 0 Å². The van der Waals surface area contributed by atoms with Crippen molar-refractivity contribution in [2.24, 2.45) is 0 Å². The molecule has 0 saturated carbocycles. The third-order valence-corrected chi connectivity index (χ3v) is 0.839. The molecule has 0 amide bonds. The van der Waals surface area contributed by atoms with E-state index in [9.17, 15) is 4.79 Å². The molecule has 0 aliphatic rings. The molecule has 0 aromatic carbocycles. The van der Waals surface area contributed by atoms with E-state index < -0.39 is 17.9 Å². The van der Waals surface area contributed by atoms with Gasteiger partial charge in [0.15, 0.2) is 6.29 Å². The van der Waals surface area contributed by atoms with Crippen LogP contribution in [0.5, 0.6) is 0 Å². The third-order valence-electron chi connectivity index (χ3n) is 0.839. The number of rotatable bonds is 3. The van der Waals surface area contributed by atoms with Gasteiger partial charge in [0, 0.05) is 0 Å². The Bertz CT molecular complexity index is 136. The lowest BCUT2D eigenvalue weighted by molar-refractivity contribution is -0.179. The minimum absolute atomic E-state index is 0.378. The summed E-state index contributed by atoms with van der Waals surface area (Å²) in [5.74, 6) is -1.07. The van der Waals surface area contributed by atoms with Crippen LogP contribution in [-0.2, 0) is 9.53 Å². The van der Waals surface area contributed by atoms with Crippen LogP contribution in [0.1, 0.15) is 27.2 Å². The van der Waals surface area contributed by atoms with E-state index in [1.807, 2.05) is 0 Å². The average molecular weight is 162 g/mol. The number of carboxylic acids is 1. The van der Waals surface area contributed by atoms with Crippen LogP contribution in [0, 0.1) is 0 Å². The summed E-state index contributed by atoms with van der Waals surface area (Å²) >= 11 is 0. The van der Waals surface area contributed by atoms with E-state index in [1.165, 1.54) is 0 Å². The predicted molar refractivity (Wildman–Crippen MR) is 39.1 cm³/mol. The second-order valence-electron chi connectivity index (χ2n) is 3.28. The molecule has 0 aliphatic heterocycles. The molecule has 1 unspecified atom stereocenters. The van der Waals surface area contributed by atoms with Crippen LogP contribution in [0.4, 0.5) is 0 Å². The van der Waals surface area contributed by atoms with Crippen molar-refractivity contribution in [3.8, 4) is 0 Å². The molecule has 0 bridgehead atoms. The van der Waals surface area contributed by atoms with Crippen molar-refractivity contribution in [2.45, 2.75) is 39.1 Å². The molecule has 0 aromatic heterocycles. The molecule has 0 aromatic rings. The van der Waals surface area contributed by atoms with E-state index in [0.29, 0.717) is 0 Å². The standard InChI is InChI=1S/C7H14O4/c1-7(2,3)11-6(10)4-5(8)9/h6,10H,4H2,1-3H3,(H,8,9). The molecule has 4 nitrogen and oxygen atoms in total. The Morgan fingerprint density at radius 1 is 1.55 bits per heavy atom. The molecule has 4 heteroatoms. The normalized spacial score (nSPS) is 14.5. The lowest BCUT2D eigenvalue weighted by atomic mass is 10.2. The van der Waals surface area contributed by atoms with Crippen LogP contribution in [0.15, 0.2) is 0 Å². The SMILES string of the molecule is CC(C)(C)OC(O)CC(=O)O. The number of aliphatic carboxylic acids is 1. The van der Waals surface area contributed by atoms with Crippen molar-refractivity contribution < 1.29 is 19.7 Å². The molecule has 66 valence electrons. The Balaban J connectivity index is 3.69. The predicted octanol–water partition coefficient (Wildman–Crippen LogP) is 0.595. The van der Waals surface area contributed by atoms with E-state index in [4.69, 9.17) is 14.9 Å². The van der Waals surface area contributed by atoms with Gasteiger partial charge in [-0.1, -0.05) is 0 Å². The van der Waals surface area contributed by atoms with Gasteiger partial charge in [-0.25, -0.2) is 0 Å². The fraction of sp³-hybridized carbons (Fsp3) is 0.857. The Morgan fingerprint density at radius 2 is 2.00 bits per heavy atom. The molecule has 2 N–H and O–H groups in total. The Labute approximate surface area is 65.8 Å². The number of aliphatic hydroxyl groups excluding tert-OH is 1. The van der Waals surface area contributed by atoms with Crippen molar-refractivity contribution in [1.82, 2.24) is 0 Å². The largest absolute Gasteiger partial charge is 0.481 e. The fourth-order valence-corrected chi connectivity index (χ4v) is 0.599. The highest BCUT2D eigenvalue weighted by Crippen LogP contribution is 2.10. The van der Waals surface area contributed by atoms with Crippen molar-refractivity contribution in [2.75, 3.05) is 0 Å². The minimum atomic E-state index is -1.22. The van der Waals surface area contributed by atoms with E-state index in [2.05, 4.69) is 0 Å². The van der Waals surface area contributed by atoms with E-state index in [1.54, 1.807) is 20.8 Å². The van der Waals surface area contributed by atoms with Gasteiger partial charge in [0.1, 0.15) is 0 Å². The first-order valence-electron chi connectivity index (χ1n) is 3.39. The summed E-state index contributed by atoms with van der Waals surface area (Å²) < 4.78 is 4.92. The molecule has 1 atom stereocenters. The van der Waals surface area contributed by atoms with Crippen molar-refractivity contribution in [3.05, 3.63) is 0 Å². The zero-order valence-corrected chi connectivity index (χ0v) is 7.00. The van der Waals surface area contributed by atoms with E-state index in [0.717, 1.165) is 0 Å². The zero-order valence-electron chi connectivity index (χ0n) is 7.00. The van der Waals surface area contributed by atoms with Gasteiger partial charge < -0.3 is 14.9 Å². The summed E-state index contributed by atoms with van der Waals surface area (Å²) in [5, 5.41) is 17.2. The van der Waals surface area contributed by atoms with Gasteiger partial charge in [0.25, 0.3) is 0 Å². The number of hydrogen-bond acceptors (Lipinski definition) is 3. The summed E-state index contributed by atoms with van der Waals surface area (Å²) in [6.07, 6.45) is -1.59. The summed E-state index contributed by atoms with van der Waals surface area (Å²) in [6, 6.07) is 0. The van der Waals surface area contributed by atoms with Gasteiger partial charge in [-0.3, -0.25) is 4.79 Å². The lowest BCUT2D eigenvalue weighted by Gasteiger charge is -2.22. The Morgan fingerprint density at radius 3 is 2.27 bits per heavy atom. The Kier molecular flexibility index (Phi) is 3.48. The zero-order chi connectivity index (χ0) is 9.07. The average Bonchev–Trinajstić information content (AvgIpc) is 1.53. The highest BCUT2D eigenvalue weighted by atomic mass is 16.6. The first-order chi connectivity index (χ1) is 4.81. The fourth-order valence-electron chi connectivity index (χ4n) is 0.599. The van der Waals surface area contributed by atoms with Gasteiger partial charge >= 0.3 is 5.97 Å². The smallest absolute Gasteiger partial charge is 0.308 e. The third kappa shape index (κ3) is 7.29. The minimum Gasteiger partial charge on any atom is -0.481 e. The summed E-state index contributed by atoms with van der Waals surface area (Å²) in [6.45, 7) is 5.24. The maximum absolute atomic E-state index is 10.1. The Hall–Kier alpha value is -0.610. The van der Waals surface area contributed by atoms with Gasteiger partial charge in [0.05, 0.1) is 12.0 Å². The molecule has 11 heavy (non-hydrogen) atoms. The van der Waals surface area contributed by atoms with Crippen molar-refractivity contribution in [3.63, 3.8) is 0 Å². The number of carboxylic acid groups (broad SMARTS) is 1. The van der Waals surface area contributed by atoms with Crippen LogP contribution in [0.2, 0.25) is 0 Å². The van der Waals surface area contributed by atoms with Gasteiger partial charge in [-0.15, -0.1) is 0 Å². The first kappa shape index (κ1) is 10.4. The number of ether oxygens (including phenoxy) is 1. The lowest BCUT2D eigenvalue weighted by Crippen LogP contribution is -2.28. The van der Waals surface area contributed by atoms with Crippen LogP contribution in [-0.4, -0.2) is 28.1 Å². The van der Waals surface area contributed by atoms with Gasteiger partial charge in [-0.05, 0) is 20.8 Å². The highest BCUT2D eigenvalue weighted by molar-refractivity contribution is 5.67. The van der Waals surface area contributed by atoms with Crippen molar-refractivity contribution >= 4 is 5.97 Å². The first-order valence-corrected chi connectivity index (χ1v) is 3.39. The second-order valence-corrected chi connectivity index (χ2v) is 3.28. The van der Waals surface area contributed by atoms with Gasteiger partial charge in [0.2, 0.25) is 0 Å². The summed E-state index contributed by atoms with van der Waals surface area (Å²) in [5.41, 5.74) is -0.505. The molecule has 0 heterocycles. The highest BCUT2D eigenvalue weighted by Gasteiger charge is 2.18. The number of hydrogen-bond donors (Lipinski definition) is 2. The summed E-state index contributed by atoms with van der Waals surface area (Å²) in [4.78, 5) is 10.1. The van der Waals surface area contributed by atoms with Crippen LogP contribution >= 0.6 is 0 Å². The number of aliphatic hydroxyl groups is 1. The maximum Gasteiger partial charge on any atom is 0.308 e. The maximum atomic E-state index is 10.1. The molecule has 0 rings (SSSR count). The molecule has 0 fully saturated rings. The molecule has 0 spiro atoms.